The maximum atomic E-state index is 12.5. The van der Waals surface area contributed by atoms with Crippen molar-refractivity contribution in [1.29, 1.82) is 0 Å². The Kier molecular flexibility index (Phi) is 6.85. The first-order chi connectivity index (χ1) is 13.5. The normalized spacial score (nSPS) is 17.5. The van der Waals surface area contributed by atoms with Crippen molar-refractivity contribution in [3.63, 3.8) is 0 Å². The number of piperazine rings is 1. The van der Waals surface area contributed by atoms with Gasteiger partial charge >= 0.3 is 0 Å². The molecule has 1 atom stereocenters. The second-order valence-corrected chi connectivity index (χ2v) is 8.30. The number of amides is 2. The molecule has 3 rings (SSSR count). The van der Waals surface area contributed by atoms with Crippen LogP contribution in [0.3, 0.4) is 0 Å². The number of carbonyl (C=O) groups is 2. The molecule has 1 saturated heterocycles. The molecule has 0 radical (unpaired) electrons. The molecule has 3 heterocycles. The lowest BCUT2D eigenvalue weighted by Crippen LogP contribution is -2.56. The zero-order valence-electron chi connectivity index (χ0n) is 16.7. The summed E-state index contributed by atoms with van der Waals surface area (Å²) in [6, 6.07) is 3.34. The van der Waals surface area contributed by atoms with Gasteiger partial charge in [-0.05, 0) is 38.8 Å². The Balaban J connectivity index is 1.57. The molecular formula is C20H28N4O3S. The topological polar surface area (TPSA) is 87.5 Å². The van der Waals surface area contributed by atoms with Crippen LogP contribution in [0.15, 0.2) is 16.5 Å². The second kappa shape index (κ2) is 9.34. The molecule has 28 heavy (non-hydrogen) atoms. The third-order valence-corrected chi connectivity index (χ3v) is 6.04. The third-order valence-electron chi connectivity index (χ3n) is 4.82. The molecule has 8 heteroatoms. The molecule has 2 amide bonds. The Bertz CT molecular complexity index is 829. The van der Waals surface area contributed by atoms with Gasteiger partial charge in [0.1, 0.15) is 11.5 Å². The van der Waals surface area contributed by atoms with Crippen LogP contribution in [-0.4, -0.2) is 40.8 Å². The summed E-state index contributed by atoms with van der Waals surface area (Å²) in [5, 5.41) is 6.92. The molecule has 7 nitrogen and oxygen atoms in total. The van der Waals surface area contributed by atoms with Crippen LogP contribution in [0.25, 0.3) is 0 Å². The SMILES string of the molecule is CCCc1nc(C)c(CNC(=O)CC2C(=O)NCCN2Cc2ccc(C)o2)s1. The lowest BCUT2D eigenvalue weighted by Gasteiger charge is -2.34. The summed E-state index contributed by atoms with van der Waals surface area (Å²) in [6.07, 6.45) is 2.15. The number of hydrogen-bond acceptors (Lipinski definition) is 6. The Labute approximate surface area is 169 Å². The van der Waals surface area contributed by atoms with E-state index in [1.807, 2.05) is 30.9 Å². The molecular weight excluding hydrogens is 376 g/mol. The molecule has 1 unspecified atom stereocenters. The largest absolute Gasteiger partial charge is 0.465 e. The van der Waals surface area contributed by atoms with Gasteiger partial charge in [-0.3, -0.25) is 14.5 Å². The highest BCUT2D eigenvalue weighted by atomic mass is 32.1. The van der Waals surface area contributed by atoms with E-state index < -0.39 is 6.04 Å². The summed E-state index contributed by atoms with van der Waals surface area (Å²) in [5.41, 5.74) is 0.971. The number of nitrogens with zero attached hydrogens (tertiary/aromatic N) is 2. The van der Waals surface area contributed by atoms with Crippen LogP contribution in [0, 0.1) is 13.8 Å². The van der Waals surface area contributed by atoms with Crippen LogP contribution in [0.1, 0.15) is 46.9 Å². The van der Waals surface area contributed by atoms with Gasteiger partial charge < -0.3 is 15.1 Å². The lowest BCUT2D eigenvalue weighted by molar-refractivity contribution is -0.134. The minimum atomic E-state index is -0.489. The average Bonchev–Trinajstić information content (AvgIpc) is 3.21. The van der Waals surface area contributed by atoms with Crippen molar-refractivity contribution in [3.05, 3.63) is 39.2 Å². The maximum Gasteiger partial charge on any atom is 0.237 e. The van der Waals surface area contributed by atoms with E-state index in [4.69, 9.17) is 4.42 Å². The quantitative estimate of drug-likeness (QED) is 0.705. The molecule has 1 aliphatic heterocycles. The molecule has 1 fully saturated rings. The number of aromatic nitrogens is 1. The first kappa shape index (κ1) is 20.5. The second-order valence-electron chi connectivity index (χ2n) is 7.14. The molecule has 0 spiro atoms. The zero-order chi connectivity index (χ0) is 20.1. The Morgan fingerprint density at radius 3 is 2.96 bits per heavy atom. The number of nitrogens with one attached hydrogen (secondary N) is 2. The summed E-state index contributed by atoms with van der Waals surface area (Å²) < 4.78 is 5.64. The minimum Gasteiger partial charge on any atom is -0.465 e. The van der Waals surface area contributed by atoms with Crippen LogP contribution in [0.2, 0.25) is 0 Å². The van der Waals surface area contributed by atoms with Crippen molar-refractivity contribution < 1.29 is 14.0 Å². The number of hydrogen-bond donors (Lipinski definition) is 2. The molecule has 152 valence electrons. The summed E-state index contributed by atoms with van der Waals surface area (Å²) in [5.74, 6) is 1.41. The Morgan fingerprint density at radius 1 is 1.43 bits per heavy atom. The van der Waals surface area contributed by atoms with E-state index in [-0.39, 0.29) is 18.2 Å². The molecule has 0 aromatic carbocycles. The number of aryl methyl sites for hydroxylation is 3. The molecule has 1 aliphatic rings. The Hall–Kier alpha value is -2.19. The summed E-state index contributed by atoms with van der Waals surface area (Å²) in [4.78, 5) is 32.5. The van der Waals surface area contributed by atoms with Crippen molar-refractivity contribution in [3.8, 4) is 0 Å². The summed E-state index contributed by atoms with van der Waals surface area (Å²) in [6.45, 7) is 8.24. The van der Waals surface area contributed by atoms with Gasteiger partial charge in [-0.2, -0.15) is 0 Å². The molecule has 2 aromatic heterocycles. The molecule has 2 N–H and O–H groups in total. The smallest absolute Gasteiger partial charge is 0.237 e. The van der Waals surface area contributed by atoms with Crippen molar-refractivity contribution >= 4 is 23.2 Å². The van der Waals surface area contributed by atoms with Crippen LogP contribution in [-0.2, 0) is 29.1 Å². The number of furan rings is 1. The molecule has 2 aromatic rings. The lowest BCUT2D eigenvalue weighted by atomic mass is 10.1. The van der Waals surface area contributed by atoms with Crippen molar-refractivity contribution in [1.82, 2.24) is 20.5 Å². The highest BCUT2D eigenvalue weighted by molar-refractivity contribution is 7.11. The first-order valence-electron chi connectivity index (χ1n) is 9.75. The van der Waals surface area contributed by atoms with Gasteiger partial charge in [-0.1, -0.05) is 6.92 Å². The van der Waals surface area contributed by atoms with E-state index in [1.54, 1.807) is 11.3 Å². The van der Waals surface area contributed by atoms with Gasteiger partial charge in [0.2, 0.25) is 11.8 Å². The standard InChI is InChI=1S/C20H28N4O3S/c1-4-5-19-23-14(3)17(28-19)11-22-18(25)10-16-20(26)21-8-9-24(16)12-15-7-6-13(2)27-15/h6-7,16H,4-5,8-12H2,1-3H3,(H,21,26)(H,22,25). The highest BCUT2D eigenvalue weighted by Gasteiger charge is 2.32. The number of carbonyl (C=O) groups excluding carboxylic acids is 2. The van der Waals surface area contributed by atoms with E-state index in [0.29, 0.717) is 26.2 Å². The molecule has 0 bridgehead atoms. The fourth-order valence-electron chi connectivity index (χ4n) is 3.34. The van der Waals surface area contributed by atoms with E-state index in [9.17, 15) is 9.59 Å². The van der Waals surface area contributed by atoms with Crippen molar-refractivity contribution in [2.24, 2.45) is 0 Å². The third kappa shape index (κ3) is 5.20. The fraction of sp³-hybridized carbons (Fsp3) is 0.550. The van der Waals surface area contributed by atoms with Gasteiger partial charge in [-0.15, -0.1) is 11.3 Å². The number of thiazole rings is 1. The average molecular weight is 405 g/mol. The van der Waals surface area contributed by atoms with Crippen LogP contribution in [0.5, 0.6) is 0 Å². The molecule has 0 aliphatic carbocycles. The van der Waals surface area contributed by atoms with Gasteiger partial charge in [0.25, 0.3) is 0 Å². The Morgan fingerprint density at radius 2 is 2.25 bits per heavy atom. The van der Waals surface area contributed by atoms with Gasteiger partial charge in [0, 0.05) is 18.0 Å². The van der Waals surface area contributed by atoms with Crippen LogP contribution in [0.4, 0.5) is 0 Å². The molecule has 0 saturated carbocycles. The van der Waals surface area contributed by atoms with Crippen LogP contribution < -0.4 is 10.6 Å². The first-order valence-corrected chi connectivity index (χ1v) is 10.6. The van der Waals surface area contributed by atoms with Crippen LogP contribution >= 0.6 is 11.3 Å². The van der Waals surface area contributed by atoms with E-state index in [0.717, 1.165) is 39.9 Å². The van der Waals surface area contributed by atoms with E-state index in [1.165, 1.54) is 0 Å². The van der Waals surface area contributed by atoms with E-state index in [2.05, 4.69) is 22.5 Å². The summed E-state index contributed by atoms with van der Waals surface area (Å²) >= 11 is 1.65. The number of rotatable bonds is 8. The van der Waals surface area contributed by atoms with Crippen molar-refractivity contribution in [2.45, 2.75) is 59.2 Å². The van der Waals surface area contributed by atoms with Gasteiger partial charge in [-0.25, -0.2) is 4.98 Å². The van der Waals surface area contributed by atoms with E-state index >= 15 is 0 Å². The van der Waals surface area contributed by atoms with Gasteiger partial charge in [0.15, 0.2) is 0 Å². The minimum absolute atomic E-state index is 0.108. The highest BCUT2D eigenvalue weighted by Crippen LogP contribution is 2.20. The predicted octanol–water partition coefficient (Wildman–Crippen LogP) is 2.31. The summed E-state index contributed by atoms with van der Waals surface area (Å²) in [7, 11) is 0. The zero-order valence-corrected chi connectivity index (χ0v) is 17.5. The fourth-order valence-corrected chi connectivity index (χ4v) is 4.45. The maximum absolute atomic E-state index is 12.5. The predicted molar refractivity (Wildman–Crippen MR) is 108 cm³/mol. The monoisotopic (exact) mass is 404 g/mol. The van der Waals surface area contributed by atoms with Crippen molar-refractivity contribution in [2.75, 3.05) is 13.1 Å². The van der Waals surface area contributed by atoms with Gasteiger partial charge in [0.05, 0.1) is 36.3 Å².